The molecule has 1 unspecified atom stereocenters. The highest BCUT2D eigenvalue weighted by Crippen LogP contribution is 2.38. The van der Waals surface area contributed by atoms with Gasteiger partial charge in [-0.1, -0.05) is 6.92 Å². The molecule has 1 aliphatic heterocycles. The van der Waals surface area contributed by atoms with Gasteiger partial charge in [-0.05, 0) is 49.7 Å². The number of esters is 1. The van der Waals surface area contributed by atoms with E-state index in [0.717, 1.165) is 43.4 Å². The SMILES string of the molecule is CCOC(=O)c1c(C)c(C(C)C2CCN(C=O)CC2)c2cnccn12. The molecule has 0 N–H and O–H groups in total. The number of nitrogens with zero attached hydrogens (tertiary/aromatic N) is 3. The van der Waals surface area contributed by atoms with E-state index < -0.39 is 0 Å². The van der Waals surface area contributed by atoms with Crippen LogP contribution in [0.1, 0.15) is 54.2 Å². The molecule has 0 aliphatic carbocycles. The van der Waals surface area contributed by atoms with E-state index in [-0.39, 0.29) is 11.9 Å². The van der Waals surface area contributed by atoms with Crippen LogP contribution in [0.4, 0.5) is 0 Å². The molecule has 1 aliphatic rings. The van der Waals surface area contributed by atoms with Crippen LogP contribution in [0.25, 0.3) is 5.52 Å². The predicted octanol–water partition coefficient (Wildman–Crippen LogP) is 2.79. The van der Waals surface area contributed by atoms with Crippen LogP contribution in [-0.2, 0) is 9.53 Å². The summed E-state index contributed by atoms with van der Waals surface area (Å²) in [6, 6.07) is 0. The maximum absolute atomic E-state index is 12.5. The lowest BCUT2D eigenvalue weighted by molar-refractivity contribution is -0.119. The van der Waals surface area contributed by atoms with Crippen molar-refractivity contribution < 1.29 is 14.3 Å². The Kier molecular flexibility index (Phi) is 5.06. The fourth-order valence-corrected chi connectivity index (χ4v) is 4.04. The van der Waals surface area contributed by atoms with E-state index in [1.54, 1.807) is 6.20 Å². The Hall–Kier alpha value is -2.37. The third kappa shape index (κ3) is 3.13. The van der Waals surface area contributed by atoms with Gasteiger partial charge in [0.2, 0.25) is 6.41 Å². The molecule has 3 rings (SSSR count). The Balaban J connectivity index is 2.00. The van der Waals surface area contributed by atoms with E-state index in [2.05, 4.69) is 11.9 Å². The summed E-state index contributed by atoms with van der Waals surface area (Å²) in [5, 5.41) is 0. The molecule has 0 bridgehead atoms. The Morgan fingerprint density at radius 1 is 1.44 bits per heavy atom. The smallest absolute Gasteiger partial charge is 0.355 e. The summed E-state index contributed by atoms with van der Waals surface area (Å²) in [6.45, 7) is 7.97. The van der Waals surface area contributed by atoms with Crippen LogP contribution < -0.4 is 0 Å². The maximum atomic E-state index is 12.5. The number of piperidine rings is 1. The van der Waals surface area contributed by atoms with Crippen molar-refractivity contribution in [3.05, 3.63) is 35.4 Å². The normalized spacial score (nSPS) is 16.8. The average molecular weight is 343 g/mol. The monoisotopic (exact) mass is 343 g/mol. The van der Waals surface area contributed by atoms with E-state index in [4.69, 9.17) is 4.74 Å². The molecule has 1 saturated heterocycles. The quantitative estimate of drug-likeness (QED) is 0.618. The maximum Gasteiger partial charge on any atom is 0.355 e. The third-order valence-electron chi connectivity index (χ3n) is 5.39. The van der Waals surface area contributed by atoms with E-state index in [9.17, 15) is 9.59 Å². The van der Waals surface area contributed by atoms with Gasteiger partial charge in [0.1, 0.15) is 5.69 Å². The number of rotatable bonds is 5. The molecule has 0 aromatic carbocycles. The van der Waals surface area contributed by atoms with Crippen molar-refractivity contribution in [3.8, 4) is 0 Å². The first-order valence-electron chi connectivity index (χ1n) is 8.89. The van der Waals surface area contributed by atoms with Gasteiger partial charge in [0.05, 0.1) is 18.3 Å². The summed E-state index contributed by atoms with van der Waals surface area (Å²) < 4.78 is 7.15. The summed E-state index contributed by atoms with van der Waals surface area (Å²) in [5.74, 6) is 0.475. The number of fused-ring (bicyclic) bond motifs is 1. The van der Waals surface area contributed by atoms with Gasteiger partial charge in [-0.15, -0.1) is 0 Å². The Bertz CT molecular complexity index is 776. The van der Waals surface area contributed by atoms with Crippen LogP contribution in [-0.4, -0.2) is 46.4 Å². The molecule has 6 nitrogen and oxygen atoms in total. The van der Waals surface area contributed by atoms with Gasteiger partial charge in [0.15, 0.2) is 0 Å². The first-order chi connectivity index (χ1) is 12.1. The molecule has 25 heavy (non-hydrogen) atoms. The molecule has 1 atom stereocenters. The zero-order valence-electron chi connectivity index (χ0n) is 15.1. The molecule has 1 amide bonds. The summed E-state index contributed by atoms with van der Waals surface area (Å²) in [4.78, 5) is 29.5. The van der Waals surface area contributed by atoms with Crippen molar-refractivity contribution in [1.82, 2.24) is 14.3 Å². The second-order valence-corrected chi connectivity index (χ2v) is 6.71. The molecule has 0 radical (unpaired) electrons. The Morgan fingerprint density at radius 3 is 2.80 bits per heavy atom. The lowest BCUT2D eigenvalue weighted by Crippen LogP contribution is -2.34. The number of amides is 1. The highest BCUT2D eigenvalue weighted by Gasteiger charge is 2.30. The molecule has 2 aromatic heterocycles. The van der Waals surface area contributed by atoms with Crippen molar-refractivity contribution in [3.63, 3.8) is 0 Å². The first-order valence-corrected chi connectivity index (χ1v) is 8.89. The van der Waals surface area contributed by atoms with Gasteiger partial charge < -0.3 is 14.0 Å². The number of carbonyl (C=O) groups is 2. The van der Waals surface area contributed by atoms with Gasteiger partial charge in [-0.2, -0.15) is 0 Å². The van der Waals surface area contributed by atoms with Crippen LogP contribution in [0.15, 0.2) is 18.6 Å². The van der Waals surface area contributed by atoms with Crippen LogP contribution >= 0.6 is 0 Å². The van der Waals surface area contributed by atoms with Crippen molar-refractivity contribution >= 4 is 17.9 Å². The third-order valence-corrected chi connectivity index (χ3v) is 5.39. The minimum absolute atomic E-state index is 0.288. The minimum Gasteiger partial charge on any atom is -0.461 e. The van der Waals surface area contributed by atoms with Crippen LogP contribution in [0.3, 0.4) is 0 Å². The molecular weight excluding hydrogens is 318 g/mol. The summed E-state index contributed by atoms with van der Waals surface area (Å²) in [6.07, 6.45) is 8.22. The van der Waals surface area contributed by atoms with Crippen molar-refractivity contribution in [2.75, 3.05) is 19.7 Å². The van der Waals surface area contributed by atoms with Crippen LogP contribution in [0.2, 0.25) is 0 Å². The number of hydrogen-bond donors (Lipinski definition) is 0. The van der Waals surface area contributed by atoms with E-state index in [0.29, 0.717) is 18.2 Å². The average Bonchev–Trinajstić information content (AvgIpc) is 2.93. The fourth-order valence-electron chi connectivity index (χ4n) is 4.04. The molecule has 3 heterocycles. The van der Waals surface area contributed by atoms with Crippen LogP contribution in [0, 0.1) is 12.8 Å². The molecule has 6 heteroatoms. The molecule has 134 valence electrons. The first kappa shape index (κ1) is 17.5. The second-order valence-electron chi connectivity index (χ2n) is 6.71. The molecule has 1 fully saturated rings. The van der Waals surface area contributed by atoms with Gasteiger partial charge in [-0.25, -0.2) is 4.79 Å². The summed E-state index contributed by atoms with van der Waals surface area (Å²) in [7, 11) is 0. The van der Waals surface area contributed by atoms with E-state index in [1.807, 2.05) is 35.5 Å². The largest absolute Gasteiger partial charge is 0.461 e. The molecule has 2 aromatic rings. The fraction of sp³-hybridized carbons (Fsp3) is 0.526. The predicted molar refractivity (Wildman–Crippen MR) is 94.7 cm³/mol. The molecule has 0 spiro atoms. The van der Waals surface area contributed by atoms with Gasteiger partial charge in [0, 0.05) is 25.5 Å². The zero-order valence-corrected chi connectivity index (χ0v) is 15.1. The van der Waals surface area contributed by atoms with Crippen molar-refractivity contribution in [1.29, 1.82) is 0 Å². The lowest BCUT2D eigenvalue weighted by atomic mass is 9.80. The number of likely N-dealkylation sites (tertiary alicyclic amines) is 1. The van der Waals surface area contributed by atoms with Gasteiger partial charge >= 0.3 is 5.97 Å². The van der Waals surface area contributed by atoms with Crippen molar-refractivity contribution in [2.24, 2.45) is 5.92 Å². The number of hydrogen-bond acceptors (Lipinski definition) is 4. The van der Waals surface area contributed by atoms with E-state index in [1.165, 1.54) is 5.56 Å². The second kappa shape index (κ2) is 7.25. The topological polar surface area (TPSA) is 63.9 Å². The summed E-state index contributed by atoms with van der Waals surface area (Å²) >= 11 is 0. The lowest BCUT2D eigenvalue weighted by Gasteiger charge is -2.33. The van der Waals surface area contributed by atoms with Gasteiger partial charge in [0.25, 0.3) is 0 Å². The Labute approximate surface area is 147 Å². The highest BCUT2D eigenvalue weighted by molar-refractivity contribution is 5.92. The van der Waals surface area contributed by atoms with Crippen molar-refractivity contribution in [2.45, 2.75) is 39.5 Å². The van der Waals surface area contributed by atoms with Gasteiger partial charge in [-0.3, -0.25) is 9.78 Å². The number of ether oxygens (including phenoxy) is 1. The number of aromatic nitrogens is 2. The Morgan fingerprint density at radius 2 is 2.16 bits per heavy atom. The minimum atomic E-state index is -0.296. The molecule has 0 saturated carbocycles. The standard InChI is InChI=1S/C19H25N3O3/c1-4-25-19(24)18-14(3)17(16-11-20-7-10-22(16)18)13(2)15-5-8-21(12-23)9-6-15/h7,10-13,15H,4-6,8-9H2,1-3H3. The highest BCUT2D eigenvalue weighted by atomic mass is 16.5. The number of carbonyl (C=O) groups excluding carboxylic acids is 2. The zero-order chi connectivity index (χ0) is 18.0. The van der Waals surface area contributed by atoms with E-state index >= 15 is 0 Å². The van der Waals surface area contributed by atoms with Crippen LogP contribution in [0.5, 0.6) is 0 Å². The molecular formula is C19H25N3O3. The summed E-state index contributed by atoms with van der Waals surface area (Å²) in [5.41, 5.74) is 3.69.